The van der Waals surface area contributed by atoms with Gasteiger partial charge in [0.25, 0.3) is 5.56 Å². The van der Waals surface area contributed by atoms with Gasteiger partial charge in [0.1, 0.15) is 11.9 Å². The molecule has 3 heterocycles. The number of nitrogens with one attached hydrogen (secondary N) is 1. The quantitative estimate of drug-likeness (QED) is 0.489. The van der Waals surface area contributed by atoms with Gasteiger partial charge in [-0.05, 0) is 67.5 Å². The van der Waals surface area contributed by atoms with Crippen molar-refractivity contribution in [3.63, 3.8) is 0 Å². The Morgan fingerprint density at radius 2 is 1.75 bits per heavy atom. The van der Waals surface area contributed by atoms with Crippen LogP contribution in [0, 0.1) is 0 Å². The van der Waals surface area contributed by atoms with Crippen molar-refractivity contribution in [1.82, 2.24) is 14.5 Å². The van der Waals surface area contributed by atoms with Gasteiger partial charge >= 0.3 is 6.36 Å². The highest BCUT2D eigenvalue weighted by molar-refractivity contribution is 6.01. The molecule has 2 saturated heterocycles. The Balaban J connectivity index is 1.32. The average molecular weight is 559 g/mol. The molecule has 6 rings (SSSR count). The molecule has 3 aromatic rings. The van der Waals surface area contributed by atoms with E-state index in [1.807, 2.05) is 17.0 Å². The van der Waals surface area contributed by atoms with Crippen LogP contribution >= 0.6 is 0 Å². The number of hydrogen-bond donors (Lipinski definition) is 1. The van der Waals surface area contributed by atoms with Crippen LogP contribution in [-0.4, -0.2) is 71.8 Å². The number of benzene rings is 2. The molecule has 40 heavy (non-hydrogen) atoms. The summed E-state index contributed by atoms with van der Waals surface area (Å²) >= 11 is 0. The predicted molar refractivity (Wildman–Crippen MR) is 140 cm³/mol. The number of alkyl halides is 3. The molecule has 3 fully saturated rings. The van der Waals surface area contributed by atoms with Crippen molar-refractivity contribution < 1.29 is 32.2 Å². The van der Waals surface area contributed by atoms with Crippen LogP contribution in [0.15, 0.2) is 47.5 Å². The summed E-state index contributed by atoms with van der Waals surface area (Å²) < 4.78 is 55.9. The van der Waals surface area contributed by atoms with Crippen molar-refractivity contribution in [2.75, 3.05) is 44.8 Å². The fraction of sp³-hybridized carbons (Fsp3) is 0.464. The van der Waals surface area contributed by atoms with Crippen molar-refractivity contribution >= 4 is 22.5 Å². The lowest BCUT2D eigenvalue weighted by Crippen LogP contribution is -2.51. The summed E-state index contributed by atoms with van der Waals surface area (Å²) in [7, 11) is 0. The Morgan fingerprint density at radius 3 is 2.45 bits per heavy atom. The van der Waals surface area contributed by atoms with Crippen LogP contribution in [0.5, 0.6) is 5.75 Å². The molecule has 12 heteroatoms. The monoisotopic (exact) mass is 558 g/mol. The van der Waals surface area contributed by atoms with Crippen LogP contribution in [0.2, 0.25) is 0 Å². The Morgan fingerprint density at radius 1 is 1.02 bits per heavy atom. The summed E-state index contributed by atoms with van der Waals surface area (Å²) in [6.07, 6.45) is -0.631. The first-order chi connectivity index (χ1) is 19.2. The number of morpholine rings is 1. The summed E-state index contributed by atoms with van der Waals surface area (Å²) in [5.74, 6) is -0.643. The van der Waals surface area contributed by atoms with Crippen molar-refractivity contribution in [2.45, 2.75) is 43.5 Å². The number of carbonyl (C=O) groups is 1. The maximum Gasteiger partial charge on any atom is 0.573 e. The molecule has 0 spiro atoms. The van der Waals surface area contributed by atoms with E-state index < -0.39 is 23.6 Å². The summed E-state index contributed by atoms with van der Waals surface area (Å²) in [5, 5.41) is 3.03. The van der Waals surface area contributed by atoms with Crippen LogP contribution in [0.1, 0.15) is 37.2 Å². The normalized spacial score (nSPS) is 19.9. The molecule has 0 unspecified atom stereocenters. The molecule has 1 aromatic heterocycles. The largest absolute Gasteiger partial charge is 0.573 e. The minimum absolute atomic E-state index is 0.179. The molecule has 9 nitrogen and oxygen atoms in total. The summed E-state index contributed by atoms with van der Waals surface area (Å²) in [4.78, 5) is 33.2. The highest BCUT2D eigenvalue weighted by Crippen LogP contribution is 2.44. The second kappa shape index (κ2) is 10.5. The van der Waals surface area contributed by atoms with E-state index in [4.69, 9.17) is 9.47 Å². The van der Waals surface area contributed by atoms with Gasteiger partial charge in [0, 0.05) is 26.3 Å². The highest BCUT2D eigenvalue weighted by Gasteiger charge is 2.54. The maximum atomic E-state index is 13.4. The number of carbonyl (C=O) groups excluding carboxylic acids is 1. The molecule has 1 saturated carbocycles. The first-order valence-electron chi connectivity index (χ1n) is 13.4. The molecule has 0 bridgehead atoms. The van der Waals surface area contributed by atoms with E-state index in [0.717, 1.165) is 24.5 Å². The molecule has 3 aliphatic rings. The van der Waals surface area contributed by atoms with Crippen LogP contribution in [0.3, 0.4) is 0 Å². The van der Waals surface area contributed by atoms with Crippen LogP contribution in [0.25, 0.3) is 16.6 Å². The highest BCUT2D eigenvalue weighted by atomic mass is 19.4. The number of ether oxygens (including phenoxy) is 3. The number of amides is 1. The van der Waals surface area contributed by atoms with Crippen molar-refractivity contribution in [2.24, 2.45) is 0 Å². The molecule has 0 atom stereocenters. The Hall–Kier alpha value is -3.48. The summed E-state index contributed by atoms with van der Waals surface area (Å²) in [6.45, 7) is 3.49. The third-order valence-electron chi connectivity index (χ3n) is 7.95. The summed E-state index contributed by atoms with van der Waals surface area (Å²) in [6, 6.07) is 9.28. The molecule has 1 N–H and O–H groups in total. The molecular formula is C28H29F3N4O5. The number of halogens is 3. The van der Waals surface area contributed by atoms with Gasteiger partial charge < -0.3 is 19.5 Å². The van der Waals surface area contributed by atoms with Gasteiger partial charge in [-0.25, -0.2) is 4.98 Å². The van der Waals surface area contributed by atoms with E-state index in [1.165, 1.54) is 23.0 Å². The van der Waals surface area contributed by atoms with Gasteiger partial charge in [0.05, 0.1) is 35.5 Å². The predicted octanol–water partition coefficient (Wildman–Crippen LogP) is 3.98. The number of aromatic nitrogens is 2. The summed E-state index contributed by atoms with van der Waals surface area (Å²) in [5.41, 5.74) is 0.525. The van der Waals surface area contributed by atoms with E-state index in [0.29, 0.717) is 69.2 Å². The zero-order chi connectivity index (χ0) is 27.9. The fourth-order valence-corrected chi connectivity index (χ4v) is 5.62. The lowest BCUT2D eigenvalue weighted by Gasteiger charge is -2.34. The molecule has 212 valence electrons. The second-order valence-electron chi connectivity index (χ2n) is 10.4. The van der Waals surface area contributed by atoms with E-state index in [9.17, 15) is 22.8 Å². The Bertz CT molecular complexity index is 1480. The van der Waals surface area contributed by atoms with Gasteiger partial charge in [0.15, 0.2) is 5.75 Å². The molecule has 1 amide bonds. The van der Waals surface area contributed by atoms with E-state index >= 15 is 0 Å². The molecule has 1 aliphatic carbocycles. The van der Waals surface area contributed by atoms with E-state index in [-0.39, 0.29) is 16.9 Å². The number of rotatable bonds is 6. The number of hydrogen-bond acceptors (Lipinski definition) is 7. The van der Waals surface area contributed by atoms with Crippen LogP contribution in [-0.2, 0) is 14.3 Å². The second-order valence-corrected chi connectivity index (χ2v) is 10.4. The third kappa shape index (κ3) is 5.30. The third-order valence-corrected chi connectivity index (χ3v) is 7.95. The first kappa shape index (κ1) is 26.7. The van der Waals surface area contributed by atoms with Gasteiger partial charge in [0.2, 0.25) is 5.91 Å². The van der Waals surface area contributed by atoms with E-state index in [1.54, 1.807) is 6.07 Å². The minimum atomic E-state index is -4.97. The maximum absolute atomic E-state index is 13.4. The molecule has 2 aliphatic heterocycles. The molecular weight excluding hydrogens is 529 g/mol. The molecule has 0 radical (unpaired) electrons. The zero-order valence-electron chi connectivity index (χ0n) is 21.7. The SMILES string of the molecule is O=C(Nc1cc(-n2cnc3cc(C4CCOCC4)ccc3c2=O)ccc1OC(F)(F)F)C1(N2CCOCC2)CC1. The van der Waals surface area contributed by atoms with Gasteiger partial charge in [-0.15, -0.1) is 13.2 Å². The first-order valence-corrected chi connectivity index (χ1v) is 13.4. The molecule has 2 aromatic carbocycles. The lowest BCUT2D eigenvalue weighted by molar-refractivity contribution is -0.274. The number of fused-ring (bicyclic) bond motifs is 1. The topological polar surface area (TPSA) is 94.9 Å². The van der Waals surface area contributed by atoms with Crippen molar-refractivity contribution in [1.29, 1.82) is 0 Å². The van der Waals surface area contributed by atoms with Gasteiger partial charge in [-0.2, -0.15) is 0 Å². The standard InChI is InChI=1S/C28H29F3N4O5/c29-28(30,31)40-24-4-2-20(16-23(24)33-26(37)27(7-8-27)34-9-13-39-14-10-34)35-17-32-22-15-19(1-3-21(22)25(35)36)18-5-11-38-12-6-18/h1-4,15-18H,5-14H2,(H,33,37). The van der Waals surface area contributed by atoms with Crippen molar-refractivity contribution in [3.05, 3.63) is 58.6 Å². The Labute approximate surface area is 227 Å². The zero-order valence-corrected chi connectivity index (χ0v) is 21.7. The number of anilines is 1. The van der Waals surface area contributed by atoms with Crippen LogP contribution < -0.4 is 15.6 Å². The number of nitrogens with zero attached hydrogens (tertiary/aromatic N) is 3. The Kier molecular flexibility index (Phi) is 7.01. The average Bonchev–Trinajstić information content (AvgIpc) is 3.77. The van der Waals surface area contributed by atoms with Crippen LogP contribution in [0.4, 0.5) is 18.9 Å². The van der Waals surface area contributed by atoms with Gasteiger partial charge in [-0.3, -0.25) is 19.1 Å². The lowest BCUT2D eigenvalue weighted by atomic mass is 9.91. The smallest absolute Gasteiger partial charge is 0.404 e. The fourth-order valence-electron chi connectivity index (χ4n) is 5.62. The van der Waals surface area contributed by atoms with Crippen molar-refractivity contribution in [3.8, 4) is 11.4 Å². The van der Waals surface area contributed by atoms with E-state index in [2.05, 4.69) is 15.0 Å². The minimum Gasteiger partial charge on any atom is -0.404 e. The van der Waals surface area contributed by atoms with Gasteiger partial charge in [-0.1, -0.05) is 6.07 Å².